The molecule has 0 aliphatic carbocycles. The van der Waals surface area contributed by atoms with Gasteiger partial charge >= 0.3 is 0 Å². The third-order valence-electron chi connectivity index (χ3n) is 2.00. The van der Waals surface area contributed by atoms with Gasteiger partial charge in [0.1, 0.15) is 5.78 Å². The third kappa shape index (κ3) is 3.14. The molecule has 0 atom stereocenters. The third-order valence-corrected chi connectivity index (χ3v) is 2.63. The molecule has 14 heavy (non-hydrogen) atoms. The van der Waals surface area contributed by atoms with Gasteiger partial charge in [0.15, 0.2) is 0 Å². The molecule has 3 heteroatoms. The van der Waals surface area contributed by atoms with E-state index in [0.717, 1.165) is 11.3 Å². The molecule has 1 aromatic rings. The average Bonchev–Trinajstić information content (AvgIpc) is 2.18. The number of Topliss-reactive ketones (excluding diaryl/α,β-unsaturated/α-hetero) is 1. The minimum Gasteiger partial charge on any atom is -0.378 e. The van der Waals surface area contributed by atoms with E-state index in [1.807, 2.05) is 43.3 Å². The Kier molecular flexibility index (Phi) is 4.14. The standard InChI is InChI=1S/C11H14BrNO/c1-13(2)10-5-3-9(4-6-10)7-11(14)8-12/h3-6H,7-8H2,1-2H3. The summed E-state index contributed by atoms with van der Waals surface area (Å²) in [4.78, 5) is 13.2. The quantitative estimate of drug-likeness (QED) is 0.770. The largest absolute Gasteiger partial charge is 0.378 e. The number of carbonyl (C=O) groups is 1. The summed E-state index contributed by atoms with van der Waals surface area (Å²) >= 11 is 3.15. The van der Waals surface area contributed by atoms with Crippen molar-refractivity contribution in [3.63, 3.8) is 0 Å². The molecule has 2 nitrogen and oxygen atoms in total. The molecule has 0 saturated heterocycles. The van der Waals surface area contributed by atoms with E-state index in [0.29, 0.717) is 11.8 Å². The maximum absolute atomic E-state index is 11.1. The van der Waals surface area contributed by atoms with Crippen molar-refractivity contribution in [2.45, 2.75) is 6.42 Å². The average molecular weight is 256 g/mol. The predicted octanol–water partition coefficient (Wildman–Crippen LogP) is 2.26. The van der Waals surface area contributed by atoms with E-state index in [2.05, 4.69) is 15.9 Å². The first-order valence-corrected chi connectivity index (χ1v) is 5.59. The summed E-state index contributed by atoms with van der Waals surface area (Å²) < 4.78 is 0. The Morgan fingerprint density at radius 3 is 2.29 bits per heavy atom. The lowest BCUT2D eigenvalue weighted by atomic mass is 10.1. The van der Waals surface area contributed by atoms with Crippen LogP contribution >= 0.6 is 15.9 Å². The van der Waals surface area contributed by atoms with Crippen LogP contribution in [0.15, 0.2) is 24.3 Å². The highest BCUT2D eigenvalue weighted by Gasteiger charge is 2.01. The summed E-state index contributed by atoms with van der Waals surface area (Å²) in [6, 6.07) is 8.04. The lowest BCUT2D eigenvalue weighted by molar-refractivity contribution is -0.115. The van der Waals surface area contributed by atoms with E-state index >= 15 is 0 Å². The van der Waals surface area contributed by atoms with Crippen LogP contribution in [0.4, 0.5) is 5.69 Å². The Balaban J connectivity index is 2.69. The number of hydrogen-bond acceptors (Lipinski definition) is 2. The van der Waals surface area contributed by atoms with Crippen LogP contribution in [0.5, 0.6) is 0 Å². The summed E-state index contributed by atoms with van der Waals surface area (Å²) in [5.41, 5.74) is 2.22. The molecule has 0 unspecified atom stereocenters. The van der Waals surface area contributed by atoms with Gasteiger partial charge in [-0.25, -0.2) is 0 Å². The van der Waals surface area contributed by atoms with E-state index < -0.39 is 0 Å². The Morgan fingerprint density at radius 2 is 1.86 bits per heavy atom. The zero-order valence-corrected chi connectivity index (χ0v) is 10.0. The van der Waals surface area contributed by atoms with Gasteiger partial charge < -0.3 is 4.90 Å². The first-order chi connectivity index (χ1) is 6.63. The predicted molar refractivity (Wildman–Crippen MR) is 63.3 cm³/mol. The van der Waals surface area contributed by atoms with Crippen molar-refractivity contribution in [3.8, 4) is 0 Å². The summed E-state index contributed by atoms with van der Waals surface area (Å²) in [7, 11) is 4.00. The van der Waals surface area contributed by atoms with Gasteiger partial charge in [0.05, 0.1) is 5.33 Å². The van der Waals surface area contributed by atoms with Crippen LogP contribution in [-0.2, 0) is 11.2 Å². The van der Waals surface area contributed by atoms with Crippen molar-refractivity contribution in [1.82, 2.24) is 0 Å². The van der Waals surface area contributed by atoms with Crippen molar-refractivity contribution in [2.75, 3.05) is 24.3 Å². The molecule has 1 aromatic carbocycles. The number of rotatable bonds is 4. The van der Waals surface area contributed by atoms with Gasteiger partial charge in [0.25, 0.3) is 0 Å². The maximum Gasteiger partial charge on any atom is 0.147 e. The highest BCUT2D eigenvalue weighted by Crippen LogP contribution is 2.12. The van der Waals surface area contributed by atoms with Crippen LogP contribution in [0.25, 0.3) is 0 Å². The molecule has 0 saturated carbocycles. The Hall–Kier alpha value is -0.830. The zero-order chi connectivity index (χ0) is 10.6. The molecule has 0 heterocycles. The van der Waals surface area contributed by atoms with Crippen LogP contribution in [0.3, 0.4) is 0 Å². The van der Waals surface area contributed by atoms with Gasteiger partial charge in [-0.1, -0.05) is 28.1 Å². The topological polar surface area (TPSA) is 20.3 Å². The van der Waals surface area contributed by atoms with Gasteiger partial charge in [-0.15, -0.1) is 0 Å². The summed E-state index contributed by atoms with van der Waals surface area (Å²) in [6.07, 6.45) is 0.513. The number of alkyl halides is 1. The summed E-state index contributed by atoms with van der Waals surface area (Å²) in [5.74, 6) is 0.211. The van der Waals surface area contributed by atoms with Crippen molar-refractivity contribution in [1.29, 1.82) is 0 Å². The fraction of sp³-hybridized carbons (Fsp3) is 0.364. The fourth-order valence-corrected chi connectivity index (χ4v) is 1.39. The van der Waals surface area contributed by atoms with E-state index in [9.17, 15) is 4.79 Å². The van der Waals surface area contributed by atoms with Crippen LogP contribution in [0.1, 0.15) is 5.56 Å². The monoisotopic (exact) mass is 255 g/mol. The highest BCUT2D eigenvalue weighted by molar-refractivity contribution is 9.09. The second kappa shape index (κ2) is 5.15. The molecule has 0 aliphatic rings. The molecule has 0 amide bonds. The molecule has 0 aromatic heterocycles. The molecule has 76 valence electrons. The van der Waals surface area contributed by atoms with Gasteiger partial charge in [-0.2, -0.15) is 0 Å². The second-order valence-electron chi connectivity index (χ2n) is 3.41. The molecule has 0 bridgehead atoms. The summed E-state index contributed by atoms with van der Waals surface area (Å²) in [5, 5.41) is 0.433. The van der Waals surface area contributed by atoms with Gasteiger partial charge in [-0.05, 0) is 17.7 Å². The molecule has 0 aliphatic heterocycles. The van der Waals surface area contributed by atoms with Gasteiger partial charge in [0.2, 0.25) is 0 Å². The molecular formula is C11H14BrNO. The van der Waals surface area contributed by atoms with Crippen molar-refractivity contribution in [3.05, 3.63) is 29.8 Å². The first-order valence-electron chi connectivity index (χ1n) is 4.47. The molecule has 0 fully saturated rings. The minimum absolute atomic E-state index is 0.211. The maximum atomic E-state index is 11.1. The van der Waals surface area contributed by atoms with Gasteiger partial charge in [0, 0.05) is 26.2 Å². The number of halogens is 1. The highest BCUT2D eigenvalue weighted by atomic mass is 79.9. The van der Waals surface area contributed by atoms with E-state index in [1.165, 1.54) is 0 Å². The van der Waals surface area contributed by atoms with Crippen LogP contribution < -0.4 is 4.90 Å². The Bertz CT molecular complexity index is 306. The number of ketones is 1. The number of nitrogens with zero attached hydrogens (tertiary/aromatic N) is 1. The molecule has 0 N–H and O–H groups in total. The van der Waals surface area contributed by atoms with Crippen LogP contribution in [0.2, 0.25) is 0 Å². The van der Waals surface area contributed by atoms with Crippen molar-refractivity contribution in [2.24, 2.45) is 0 Å². The number of hydrogen-bond donors (Lipinski definition) is 0. The van der Waals surface area contributed by atoms with Gasteiger partial charge in [-0.3, -0.25) is 4.79 Å². The molecular weight excluding hydrogens is 242 g/mol. The van der Waals surface area contributed by atoms with Crippen LogP contribution in [-0.4, -0.2) is 25.2 Å². The lowest BCUT2D eigenvalue weighted by Crippen LogP contribution is -2.09. The molecule has 0 spiro atoms. The Morgan fingerprint density at radius 1 is 1.29 bits per heavy atom. The fourth-order valence-electron chi connectivity index (χ4n) is 1.19. The second-order valence-corrected chi connectivity index (χ2v) is 3.97. The normalized spacial score (nSPS) is 9.93. The van der Waals surface area contributed by atoms with E-state index in [4.69, 9.17) is 0 Å². The molecule has 0 radical (unpaired) electrons. The first kappa shape index (κ1) is 11.2. The zero-order valence-electron chi connectivity index (χ0n) is 8.46. The number of anilines is 1. The lowest BCUT2D eigenvalue weighted by Gasteiger charge is -2.12. The van der Waals surface area contributed by atoms with Crippen LogP contribution in [0, 0.1) is 0 Å². The molecule has 1 rings (SSSR count). The SMILES string of the molecule is CN(C)c1ccc(CC(=O)CBr)cc1. The summed E-state index contributed by atoms with van der Waals surface area (Å²) in [6.45, 7) is 0. The van der Waals surface area contributed by atoms with Crippen molar-refractivity contribution < 1.29 is 4.79 Å². The minimum atomic E-state index is 0.211. The van der Waals surface area contributed by atoms with E-state index in [-0.39, 0.29) is 5.78 Å². The Labute approximate surface area is 93.0 Å². The van der Waals surface area contributed by atoms with Crippen molar-refractivity contribution >= 4 is 27.4 Å². The number of carbonyl (C=O) groups excluding carboxylic acids is 1. The van der Waals surface area contributed by atoms with E-state index in [1.54, 1.807) is 0 Å². The number of benzene rings is 1. The smallest absolute Gasteiger partial charge is 0.147 e.